The van der Waals surface area contributed by atoms with Gasteiger partial charge < -0.3 is 5.11 Å². The lowest BCUT2D eigenvalue weighted by molar-refractivity contribution is 0.0691. The number of aromatic carboxylic acids is 1. The molecule has 1 heterocycles. The number of nitrogens with zero attached hydrogens (tertiary/aromatic N) is 2. The Balaban J connectivity index is 2.23. The van der Waals surface area contributed by atoms with Gasteiger partial charge in [0.25, 0.3) is 10.0 Å². The summed E-state index contributed by atoms with van der Waals surface area (Å²) in [5, 5.41) is 9.85. The van der Waals surface area contributed by atoms with Crippen LogP contribution in [0.3, 0.4) is 0 Å². The first-order valence-electron chi connectivity index (χ1n) is 5.78. The number of rotatable bonds is 5. The number of benzene rings is 1. The zero-order valence-corrected chi connectivity index (χ0v) is 11.5. The molecule has 0 saturated heterocycles. The minimum atomic E-state index is -3.89. The van der Waals surface area contributed by atoms with Crippen LogP contribution in [0.15, 0.2) is 48.1 Å². The highest BCUT2D eigenvalue weighted by atomic mass is 32.2. The monoisotopic (exact) mass is 305 g/mol. The van der Waals surface area contributed by atoms with E-state index in [9.17, 15) is 13.2 Å². The SMILES string of the molecule is O=C(O)c1nccnc1NS(=O)(=O)C=Cc1ccccc1. The quantitative estimate of drug-likeness (QED) is 0.868. The van der Waals surface area contributed by atoms with E-state index >= 15 is 0 Å². The summed E-state index contributed by atoms with van der Waals surface area (Å²) in [7, 11) is -3.89. The van der Waals surface area contributed by atoms with E-state index in [1.54, 1.807) is 24.3 Å². The van der Waals surface area contributed by atoms with Crippen LogP contribution in [0.25, 0.3) is 6.08 Å². The highest BCUT2D eigenvalue weighted by molar-refractivity contribution is 7.95. The lowest BCUT2D eigenvalue weighted by Crippen LogP contribution is -2.15. The summed E-state index contributed by atoms with van der Waals surface area (Å²) in [6.07, 6.45) is 3.76. The topological polar surface area (TPSA) is 109 Å². The average Bonchev–Trinajstić information content (AvgIpc) is 2.46. The molecule has 2 aromatic rings. The zero-order chi connectivity index (χ0) is 15.3. The van der Waals surface area contributed by atoms with Crippen molar-refractivity contribution in [2.45, 2.75) is 0 Å². The normalized spacial score (nSPS) is 11.4. The van der Waals surface area contributed by atoms with Gasteiger partial charge >= 0.3 is 5.97 Å². The maximum atomic E-state index is 11.9. The molecule has 0 saturated carbocycles. The Bertz CT molecular complexity index is 773. The van der Waals surface area contributed by atoms with E-state index in [1.165, 1.54) is 18.5 Å². The fourth-order valence-corrected chi connectivity index (χ4v) is 2.29. The van der Waals surface area contributed by atoms with Crippen molar-refractivity contribution in [3.05, 3.63) is 59.4 Å². The van der Waals surface area contributed by atoms with Crippen molar-refractivity contribution >= 4 is 27.9 Å². The number of anilines is 1. The summed E-state index contributed by atoms with van der Waals surface area (Å²) >= 11 is 0. The van der Waals surface area contributed by atoms with E-state index in [0.717, 1.165) is 5.41 Å². The summed E-state index contributed by atoms with van der Waals surface area (Å²) in [6, 6.07) is 8.81. The third-order valence-corrected chi connectivity index (χ3v) is 3.35. The highest BCUT2D eigenvalue weighted by Crippen LogP contribution is 2.12. The number of carboxylic acids is 1. The Morgan fingerprint density at radius 1 is 1.14 bits per heavy atom. The molecule has 2 rings (SSSR count). The van der Waals surface area contributed by atoms with Gasteiger partial charge in [-0.3, -0.25) is 4.72 Å². The highest BCUT2D eigenvalue weighted by Gasteiger charge is 2.16. The maximum Gasteiger partial charge on any atom is 0.358 e. The van der Waals surface area contributed by atoms with Crippen molar-refractivity contribution in [1.82, 2.24) is 9.97 Å². The fourth-order valence-electron chi connectivity index (χ4n) is 1.47. The predicted octanol–water partition coefficient (Wildman–Crippen LogP) is 1.59. The number of aromatic nitrogens is 2. The maximum absolute atomic E-state index is 11.9. The van der Waals surface area contributed by atoms with Crippen molar-refractivity contribution in [2.75, 3.05) is 4.72 Å². The first kappa shape index (κ1) is 14.7. The Morgan fingerprint density at radius 2 is 1.81 bits per heavy atom. The van der Waals surface area contributed by atoms with E-state index in [2.05, 4.69) is 14.7 Å². The van der Waals surface area contributed by atoms with Crippen LogP contribution in [-0.2, 0) is 10.0 Å². The van der Waals surface area contributed by atoms with Crippen LogP contribution in [-0.4, -0.2) is 29.5 Å². The van der Waals surface area contributed by atoms with E-state index in [0.29, 0.717) is 5.56 Å². The van der Waals surface area contributed by atoms with Crippen LogP contribution in [0, 0.1) is 0 Å². The van der Waals surface area contributed by atoms with Gasteiger partial charge in [-0.1, -0.05) is 30.3 Å². The van der Waals surface area contributed by atoms with Crippen LogP contribution < -0.4 is 4.72 Å². The zero-order valence-electron chi connectivity index (χ0n) is 10.7. The molecule has 108 valence electrons. The van der Waals surface area contributed by atoms with Crippen LogP contribution in [0.5, 0.6) is 0 Å². The van der Waals surface area contributed by atoms with Gasteiger partial charge in [-0.25, -0.2) is 23.2 Å². The van der Waals surface area contributed by atoms with E-state index in [1.807, 2.05) is 6.07 Å². The fraction of sp³-hybridized carbons (Fsp3) is 0. The van der Waals surface area contributed by atoms with Crippen molar-refractivity contribution in [2.24, 2.45) is 0 Å². The van der Waals surface area contributed by atoms with Crippen LogP contribution in [0.2, 0.25) is 0 Å². The lowest BCUT2D eigenvalue weighted by Gasteiger charge is -2.05. The molecule has 21 heavy (non-hydrogen) atoms. The second-order valence-corrected chi connectivity index (χ2v) is 5.49. The molecule has 0 bridgehead atoms. The van der Waals surface area contributed by atoms with E-state index in [4.69, 9.17) is 5.11 Å². The molecule has 0 aliphatic carbocycles. The molecule has 0 aliphatic rings. The number of nitrogens with one attached hydrogen (secondary N) is 1. The Labute approximate surface area is 121 Å². The molecule has 7 nitrogen and oxygen atoms in total. The Morgan fingerprint density at radius 3 is 2.48 bits per heavy atom. The molecule has 0 unspecified atom stereocenters. The predicted molar refractivity (Wildman–Crippen MR) is 77.0 cm³/mol. The summed E-state index contributed by atoms with van der Waals surface area (Å²) in [6.45, 7) is 0. The lowest BCUT2D eigenvalue weighted by atomic mass is 10.2. The van der Waals surface area contributed by atoms with Crippen molar-refractivity contribution < 1.29 is 18.3 Å². The molecular formula is C13H11N3O4S. The van der Waals surface area contributed by atoms with Crippen LogP contribution in [0.1, 0.15) is 16.1 Å². The number of hydrogen-bond donors (Lipinski definition) is 2. The minimum Gasteiger partial charge on any atom is -0.476 e. The largest absolute Gasteiger partial charge is 0.476 e. The number of carbonyl (C=O) groups is 1. The van der Waals surface area contributed by atoms with Gasteiger partial charge in [0.05, 0.1) is 5.41 Å². The van der Waals surface area contributed by atoms with Crippen molar-refractivity contribution in [3.63, 3.8) is 0 Å². The van der Waals surface area contributed by atoms with Gasteiger partial charge in [-0.15, -0.1) is 0 Å². The van der Waals surface area contributed by atoms with E-state index < -0.39 is 21.7 Å². The molecule has 1 aromatic carbocycles. The van der Waals surface area contributed by atoms with Gasteiger partial charge in [-0.2, -0.15) is 0 Å². The molecule has 0 fully saturated rings. The molecule has 0 spiro atoms. The summed E-state index contributed by atoms with van der Waals surface area (Å²) in [5.41, 5.74) is 0.231. The van der Waals surface area contributed by atoms with E-state index in [-0.39, 0.29) is 5.82 Å². The summed E-state index contributed by atoms with van der Waals surface area (Å²) < 4.78 is 25.8. The third kappa shape index (κ3) is 4.11. The average molecular weight is 305 g/mol. The third-order valence-electron chi connectivity index (χ3n) is 2.38. The van der Waals surface area contributed by atoms with Gasteiger partial charge in [0.1, 0.15) is 0 Å². The standard InChI is InChI=1S/C13H11N3O4S/c17-13(18)11-12(15-8-7-14-11)16-21(19,20)9-6-10-4-2-1-3-5-10/h1-9H,(H,15,16)(H,17,18). The molecule has 0 amide bonds. The van der Waals surface area contributed by atoms with Gasteiger partial charge in [0.2, 0.25) is 0 Å². The molecule has 2 N–H and O–H groups in total. The molecule has 0 atom stereocenters. The minimum absolute atomic E-state index is 0.331. The van der Waals surface area contributed by atoms with Crippen LogP contribution in [0.4, 0.5) is 5.82 Å². The van der Waals surface area contributed by atoms with Gasteiger partial charge in [0, 0.05) is 12.4 Å². The van der Waals surface area contributed by atoms with Crippen molar-refractivity contribution in [1.29, 1.82) is 0 Å². The smallest absolute Gasteiger partial charge is 0.358 e. The first-order valence-corrected chi connectivity index (χ1v) is 7.33. The number of sulfonamides is 1. The number of carboxylic acid groups (broad SMARTS) is 1. The van der Waals surface area contributed by atoms with Crippen molar-refractivity contribution in [3.8, 4) is 0 Å². The summed E-state index contributed by atoms with van der Waals surface area (Å²) in [5.74, 6) is -1.70. The molecule has 1 aromatic heterocycles. The Kier molecular flexibility index (Phi) is 4.29. The first-order chi connectivity index (χ1) is 9.98. The van der Waals surface area contributed by atoms with Gasteiger partial charge in [-0.05, 0) is 11.6 Å². The second kappa shape index (κ2) is 6.14. The molecule has 8 heteroatoms. The molecule has 0 radical (unpaired) electrons. The summed E-state index contributed by atoms with van der Waals surface area (Å²) in [4.78, 5) is 18.2. The number of hydrogen-bond acceptors (Lipinski definition) is 5. The Hall–Kier alpha value is -2.74. The second-order valence-electron chi connectivity index (χ2n) is 3.92. The van der Waals surface area contributed by atoms with Gasteiger partial charge in [0.15, 0.2) is 11.5 Å². The molecular weight excluding hydrogens is 294 g/mol. The molecule has 0 aliphatic heterocycles. The van der Waals surface area contributed by atoms with Crippen LogP contribution >= 0.6 is 0 Å².